The zero-order valence-electron chi connectivity index (χ0n) is 6.87. The monoisotopic (exact) mass is 241 g/mol. The molecule has 0 atom stereocenters. The summed E-state index contributed by atoms with van der Waals surface area (Å²) in [5, 5.41) is 5.52. The summed E-state index contributed by atoms with van der Waals surface area (Å²) >= 11 is 3.28. The third-order valence-corrected chi connectivity index (χ3v) is 1.98. The maximum absolute atomic E-state index is 5.36. The van der Waals surface area contributed by atoms with Crippen molar-refractivity contribution in [2.75, 3.05) is 11.9 Å². The molecule has 0 radical (unpaired) electrons. The predicted octanol–water partition coefficient (Wildman–Crippen LogP) is 2.60. The van der Waals surface area contributed by atoms with E-state index in [4.69, 9.17) is 9.26 Å². The molecular weight excluding hydrogens is 234 g/mol. The van der Waals surface area contributed by atoms with Crippen molar-refractivity contribution in [3.05, 3.63) is 24.3 Å². The molecule has 0 aliphatic carbocycles. The zero-order chi connectivity index (χ0) is 9.10. The van der Waals surface area contributed by atoms with Crippen molar-refractivity contribution in [2.45, 2.75) is 0 Å². The Morgan fingerprint density at radius 1 is 1.38 bits per heavy atom. The molecule has 0 saturated heterocycles. The maximum atomic E-state index is 5.36. The fraction of sp³-hybridized carbons (Fsp3) is 0.222. The van der Waals surface area contributed by atoms with Crippen LogP contribution in [0.3, 0.4) is 0 Å². The maximum Gasteiger partial charge on any atom is 0.262 e. The Balaban J connectivity index is 2.35. The van der Waals surface area contributed by atoms with Gasteiger partial charge < -0.3 is 9.26 Å². The zero-order valence-corrected chi connectivity index (χ0v) is 8.45. The largest absolute Gasteiger partial charge is 0.474 e. The van der Waals surface area contributed by atoms with E-state index in [-0.39, 0.29) is 0 Å². The van der Waals surface area contributed by atoms with Crippen LogP contribution in [-0.2, 0) is 0 Å². The molecule has 3 nitrogen and oxygen atoms in total. The normalized spacial score (nSPS) is 10.5. The minimum absolute atomic E-state index is 0.565. The summed E-state index contributed by atoms with van der Waals surface area (Å²) in [6.45, 7) is 0.594. The number of benzene rings is 1. The van der Waals surface area contributed by atoms with Gasteiger partial charge in [0.1, 0.15) is 0 Å². The van der Waals surface area contributed by atoms with Gasteiger partial charge in [-0.05, 0) is 17.3 Å². The first kappa shape index (κ1) is 8.56. The van der Waals surface area contributed by atoms with E-state index in [0.29, 0.717) is 12.5 Å². The van der Waals surface area contributed by atoms with E-state index < -0.39 is 0 Å². The van der Waals surface area contributed by atoms with Crippen LogP contribution in [0.25, 0.3) is 11.0 Å². The third-order valence-electron chi connectivity index (χ3n) is 1.66. The molecule has 0 N–H and O–H groups in total. The summed E-state index contributed by atoms with van der Waals surface area (Å²) in [7, 11) is 0. The van der Waals surface area contributed by atoms with E-state index >= 15 is 0 Å². The molecule has 2 aromatic rings. The Morgan fingerprint density at radius 3 is 3.08 bits per heavy atom. The van der Waals surface area contributed by atoms with E-state index in [1.165, 1.54) is 0 Å². The molecule has 0 amide bonds. The van der Waals surface area contributed by atoms with Gasteiger partial charge in [0.2, 0.25) is 0 Å². The Bertz CT molecular complexity index is 399. The van der Waals surface area contributed by atoms with Crippen LogP contribution < -0.4 is 4.74 Å². The average molecular weight is 242 g/mol. The van der Waals surface area contributed by atoms with E-state index in [0.717, 1.165) is 16.3 Å². The number of alkyl halides is 1. The van der Waals surface area contributed by atoms with Gasteiger partial charge in [0.15, 0.2) is 5.58 Å². The Hall–Kier alpha value is -1.03. The highest BCUT2D eigenvalue weighted by Crippen LogP contribution is 2.23. The van der Waals surface area contributed by atoms with Gasteiger partial charge in [-0.3, -0.25) is 0 Å². The van der Waals surface area contributed by atoms with Crippen molar-refractivity contribution < 1.29 is 9.26 Å². The molecule has 2 rings (SSSR count). The molecule has 68 valence electrons. The molecule has 0 unspecified atom stereocenters. The van der Waals surface area contributed by atoms with Gasteiger partial charge in [0, 0.05) is 5.33 Å². The molecule has 0 aliphatic heterocycles. The molecular formula is C9H8BrNO2. The molecule has 1 heterocycles. The third kappa shape index (κ3) is 1.67. The van der Waals surface area contributed by atoms with E-state index in [9.17, 15) is 0 Å². The van der Waals surface area contributed by atoms with Crippen LogP contribution in [0.2, 0.25) is 0 Å². The number of aromatic nitrogens is 1. The quantitative estimate of drug-likeness (QED) is 0.776. The number of hydrogen-bond donors (Lipinski definition) is 0. The summed E-state index contributed by atoms with van der Waals surface area (Å²) in [6, 6.07) is 7.63. The lowest BCUT2D eigenvalue weighted by atomic mass is 10.3. The van der Waals surface area contributed by atoms with Gasteiger partial charge in [-0.2, -0.15) is 0 Å². The summed E-state index contributed by atoms with van der Waals surface area (Å²) in [5.41, 5.74) is 0.757. The van der Waals surface area contributed by atoms with Crippen LogP contribution in [0.15, 0.2) is 28.8 Å². The Morgan fingerprint density at radius 2 is 2.23 bits per heavy atom. The smallest absolute Gasteiger partial charge is 0.262 e. The highest BCUT2D eigenvalue weighted by atomic mass is 79.9. The summed E-state index contributed by atoms with van der Waals surface area (Å²) in [4.78, 5) is 0. The van der Waals surface area contributed by atoms with Gasteiger partial charge in [-0.1, -0.05) is 28.1 Å². The van der Waals surface area contributed by atoms with E-state index in [2.05, 4.69) is 21.1 Å². The van der Waals surface area contributed by atoms with Crippen LogP contribution >= 0.6 is 15.9 Å². The second kappa shape index (κ2) is 3.79. The van der Waals surface area contributed by atoms with Crippen molar-refractivity contribution in [3.63, 3.8) is 0 Å². The van der Waals surface area contributed by atoms with Crippen molar-refractivity contribution in [1.29, 1.82) is 0 Å². The van der Waals surface area contributed by atoms with Gasteiger partial charge in [-0.15, -0.1) is 0 Å². The molecule has 1 aromatic heterocycles. The molecule has 0 saturated carbocycles. The highest BCUT2D eigenvalue weighted by Gasteiger charge is 2.06. The fourth-order valence-corrected chi connectivity index (χ4v) is 1.26. The standard InChI is InChI=1S/C9H8BrNO2/c10-5-6-12-9-7-3-1-2-4-8(7)13-11-9/h1-4H,5-6H2. The topological polar surface area (TPSA) is 35.3 Å². The van der Waals surface area contributed by atoms with Crippen molar-refractivity contribution in [1.82, 2.24) is 5.16 Å². The molecule has 0 fully saturated rings. The van der Waals surface area contributed by atoms with Crippen molar-refractivity contribution in [3.8, 4) is 5.88 Å². The van der Waals surface area contributed by atoms with Crippen LogP contribution in [0.4, 0.5) is 0 Å². The number of fused-ring (bicyclic) bond motifs is 1. The number of ether oxygens (including phenoxy) is 1. The molecule has 13 heavy (non-hydrogen) atoms. The Labute approximate surface area is 83.8 Å². The van der Waals surface area contributed by atoms with Crippen LogP contribution in [0, 0.1) is 0 Å². The summed E-state index contributed by atoms with van der Waals surface area (Å²) < 4.78 is 10.4. The second-order valence-corrected chi connectivity index (χ2v) is 3.31. The number of rotatable bonds is 3. The highest BCUT2D eigenvalue weighted by molar-refractivity contribution is 9.09. The Kier molecular flexibility index (Phi) is 2.49. The van der Waals surface area contributed by atoms with Gasteiger partial charge in [0.05, 0.1) is 12.0 Å². The van der Waals surface area contributed by atoms with Crippen LogP contribution in [0.1, 0.15) is 0 Å². The number of halogens is 1. The lowest BCUT2D eigenvalue weighted by Gasteiger charge is -1.96. The molecule has 0 bridgehead atoms. The first-order chi connectivity index (χ1) is 6.42. The number of para-hydroxylation sites is 1. The molecule has 4 heteroatoms. The van der Waals surface area contributed by atoms with E-state index in [1.54, 1.807) is 0 Å². The molecule has 0 aliphatic rings. The van der Waals surface area contributed by atoms with Gasteiger partial charge >= 0.3 is 0 Å². The minimum Gasteiger partial charge on any atom is -0.474 e. The van der Waals surface area contributed by atoms with Crippen LogP contribution in [0.5, 0.6) is 5.88 Å². The van der Waals surface area contributed by atoms with Gasteiger partial charge in [-0.25, -0.2) is 0 Å². The lowest BCUT2D eigenvalue weighted by Crippen LogP contribution is -1.97. The average Bonchev–Trinajstić information content (AvgIpc) is 2.58. The fourth-order valence-electron chi connectivity index (χ4n) is 1.10. The first-order valence-corrected chi connectivity index (χ1v) is 5.07. The van der Waals surface area contributed by atoms with Gasteiger partial charge in [0.25, 0.3) is 5.88 Å². The second-order valence-electron chi connectivity index (χ2n) is 2.52. The molecule has 1 aromatic carbocycles. The predicted molar refractivity (Wildman–Crippen MR) is 53.3 cm³/mol. The lowest BCUT2D eigenvalue weighted by molar-refractivity contribution is 0.305. The first-order valence-electron chi connectivity index (χ1n) is 3.95. The van der Waals surface area contributed by atoms with E-state index in [1.807, 2.05) is 24.3 Å². The van der Waals surface area contributed by atoms with Crippen molar-refractivity contribution in [2.24, 2.45) is 0 Å². The molecule has 0 spiro atoms. The summed E-state index contributed by atoms with van der Waals surface area (Å²) in [6.07, 6.45) is 0. The summed E-state index contributed by atoms with van der Waals surface area (Å²) in [5.74, 6) is 0.565. The number of nitrogens with zero attached hydrogens (tertiary/aromatic N) is 1. The van der Waals surface area contributed by atoms with Crippen LogP contribution in [-0.4, -0.2) is 17.1 Å². The van der Waals surface area contributed by atoms with Crippen molar-refractivity contribution >= 4 is 26.9 Å². The minimum atomic E-state index is 0.565. The number of hydrogen-bond acceptors (Lipinski definition) is 3. The SMILES string of the molecule is BrCCOc1noc2ccccc12.